The van der Waals surface area contributed by atoms with Crippen LogP contribution in [0.25, 0.3) is 0 Å². The molecule has 0 amide bonds. The number of hydrogen-bond donors (Lipinski definition) is 2. The molecular formula is C19H25N3O3+2. The van der Waals surface area contributed by atoms with Crippen molar-refractivity contribution in [1.29, 1.82) is 0 Å². The maximum Gasteiger partial charge on any atom is 0.273 e. The summed E-state index contributed by atoms with van der Waals surface area (Å²) in [5.41, 5.74) is 1.47. The average molecular weight is 343 g/mol. The molecule has 0 unspecified atom stereocenters. The summed E-state index contributed by atoms with van der Waals surface area (Å²) in [6.07, 6.45) is 0. The van der Waals surface area contributed by atoms with E-state index >= 15 is 0 Å². The van der Waals surface area contributed by atoms with Gasteiger partial charge in [-0.25, -0.2) is 0 Å². The zero-order valence-corrected chi connectivity index (χ0v) is 14.3. The van der Waals surface area contributed by atoms with Gasteiger partial charge in [0.2, 0.25) is 0 Å². The predicted octanol–water partition coefficient (Wildman–Crippen LogP) is -0.0428. The highest BCUT2D eigenvalue weighted by atomic mass is 16.6. The van der Waals surface area contributed by atoms with Crippen molar-refractivity contribution >= 4 is 5.69 Å². The zero-order chi connectivity index (χ0) is 17.5. The lowest BCUT2D eigenvalue weighted by atomic mass is 10.2. The molecule has 0 bridgehead atoms. The van der Waals surface area contributed by atoms with Gasteiger partial charge in [-0.15, -0.1) is 0 Å². The van der Waals surface area contributed by atoms with E-state index in [1.165, 1.54) is 30.8 Å². The van der Waals surface area contributed by atoms with E-state index in [1.807, 2.05) is 0 Å². The molecule has 1 saturated heterocycles. The van der Waals surface area contributed by atoms with E-state index in [0.717, 1.165) is 26.2 Å². The molecule has 0 saturated carbocycles. The Kier molecular flexibility index (Phi) is 5.98. The average Bonchev–Trinajstić information content (AvgIpc) is 2.64. The molecule has 0 aromatic heterocycles. The molecule has 0 radical (unpaired) electrons. The van der Waals surface area contributed by atoms with Crippen LogP contribution in [-0.2, 0) is 6.54 Å². The van der Waals surface area contributed by atoms with E-state index in [0.29, 0.717) is 12.4 Å². The fraction of sp³-hybridized carbons (Fsp3) is 0.368. The fourth-order valence-electron chi connectivity index (χ4n) is 3.27. The van der Waals surface area contributed by atoms with Gasteiger partial charge in [-0.2, -0.15) is 0 Å². The number of nitrogens with zero attached hydrogens (tertiary/aromatic N) is 1. The summed E-state index contributed by atoms with van der Waals surface area (Å²) in [7, 11) is 0. The minimum atomic E-state index is -0.396. The van der Waals surface area contributed by atoms with Crippen molar-refractivity contribution in [3.63, 3.8) is 0 Å². The van der Waals surface area contributed by atoms with E-state index < -0.39 is 4.92 Å². The van der Waals surface area contributed by atoms with Gasteiger partial charge in [-0.05, 0) is 6.07 Å². The standard InChI is InChI=1S/C19H23N3O3/c23-22(24)18-7-4-8-19(15-18)25-14-13-20-9-11-21(12-10-20)16-17-5-2-1-3-6-17/h1-8,15H,9-14,16H2/p+2. The monoisotopic (exact) mass is 343 g/mol. The van der Waals surface area contributed by atoms with Gasteiger partial charge < -0.3 is 14.5 Å². The largest absolute Gasteiger partial charge is 0.487 e. The second-order valence-corrected chi connectivity index (χ2v) is 6.52. The van der Waals surface area contributed by atoms with Crippen LogP contribution in [0.2, 0.25) is 0 Å². The lowest BCUT2D eigenvalue weighted by Gasteiger charge is -2.29. The zero-order valence-electron chi connectivity index (χ0n) is 14.3. The highest BCUT2D eigenvalue weighted by Gasteiger charge is 2.22. The minimum Gasteiger partial charge on any atom is -0.487 e. The third kappa shape index (κ3) is 5.27. The Labute approximate surface area is 147 Å². The molecule has 2 aromatic carbocycles. The van der Waals surface area contributed by atoms with E-state index in [1.54, 1.807) is 21.9 Å². The molecule has 2 N–H and O–H groups in total. The maximum atomic E-state index is 10.8. The summed E-state index contributed by atoms with van der Waals surface area (Å²) in [4.78, 5) is 13.6. The number of rotatable bonds is 7. The molecule has 6 nitrogen and oxygen atoms in total. The van der Waals surface area contributed by atoms with Crippen molar-refractivity contribution in [3.8, 4) is 5.75 Å². The summed E-state index contributed by atoms with van der Waals surface area (Å²) >= 11 is 0. The van der Waals surface area contributed by atoms with Crippen LogP contribution in [0.3, 0.4) is 0 Å². The van der Waals surface area contributed by atoms with Crippen molar-refractivity contribution in [2.45, 2.75) is 6.54 Å². The van der Waals surface area contributed by atoms with Gasteiger partial charge in [0.05, 0.1) is 11.0 Å². The van der Waals surface area contributed by atoms with Gasteiger partial charge in [0, 0.05) is 11.6 Å². The Hall–Kier alpha value is -2.44. The second-order valence-electron chi connectivity index (χ2n) is 6.52. The van der Waals surface area contributed by atoms with Gasteiger partial charge >= 0.3 is 0 Å². The Balaban J connectivity index is 1.38. The summed E-state index contributed by atoms with van der Waals surface area (Å²) in [5, 5.41) is 10.8. The maximum absolute atomic E-state index is 10.8. The highest BCUT2D eigenvalue weighted by Crippen LogP contribution is 2.18. The first-order chi connectivity index (χ1) is 12.2. The molecular weight excluding hydrogens is 318 g/mol. The first-order valence-corrected chi connectivity index (χ1v) is 8.79. The quantitative estimate of drug-likeness (QED) is 0.548. The predicted molar refractivity (Wildman–Crippen MR) is 95.0 cm³/mol. The molecule has 0 aliphatic carbocycles. The Morgan fingerprint density at radius 3 is 2.40 bits per heavy atom. The number of ether oxygens (including phenoxy) is 1. The molecule has 0 spiro atoms. The lowest BCUT2D eigenvalue weighted by molar-refractivity contribution is -1.02. The molecule has 6 heteroatoms. The number of nitrogens with one attached hydrogen (secondary N) is 2. The molecule has 132 valence electrons. The molecule has 25 heavy (non-hydrogen) atoms. The molecule has 1 heterocycles. The van der Waals surface area contributed by atoms with Gasteiger partial charge in [-0.3, -0.25) is 10.1 Å². The van der Waals surface area contributed by atoms with Gasteiger partial charge in [0.25, 0.3) is 5.69 Å². The molecule has 1 aliphatic heterocycles. The Morgan fingerprint density at radius 1 is 0.960 bits per heavy atom. The van der Waals surface area contributed by atoms with Crippen LogP contribution in [0.5, 0.6) is 5.75 Å². The smallest absolute Gasteiger partial charge is 0.273 e. The van der Waals surface area contributed by atoms with Crippen molar-refractivity contribution in [3.05, 3.63) is 70.3 Å². The summed E-state index contributed by atoms with van der Waals surface area (Å²) in [6, 6.07) is 17.0. The fourth-order valence-corrected chi connectivity index (χ4v) is 3.27. The van der Waals surface area contributed by atoms with Crippen molar-refractivity contribution in [1.82, 2.24) is 0 Å². The summed E-state index contributed by atoms with van der Waals surface area (Å²) in [6.45, 7) is 7.23. The van der Waals surface area contributed by atoms with Crippen LogP contribution >= 0.6 is 0 Å². The van der Waals surface area contributed by atoms with Crippen LogP contribution in [0.15, 0.2) is 54.6 Å². The van der Waals surface area contributed by atoms with Crippen LogP contribution in [-0.4, -0.2) is 44.3 Å². The van der Waals surface area contributed by atoms with Crippen LogP contribution < -0.4 is 14.5 Å². The molecule has 3 rings (SSSR count). The Bertz CT molecular complexity index is 685. The van der Waals surface area contributed by atoms with E-state index in [-0.39, 0.29) is 5.69 Å². The number of piperazine rings is 1. The van der Waals surface area contributed by atoms with Crippen molar-refractivity contribution in [2.75, 3.05) is 39.3 Å². The van der Waals surface area contributed by atoms with Gasteiger partial charge in [0.1, 0.15) is 51.6 Å². The lowest BCUT2D eigenvalue weighted by Crippen LogP contribution is -3.27. The third-order valence-corrected chi connectivity index (χ3v) is 4.71. The Morgan fingerprint density at radius 2 is 1.68 bits per heavy atom. The van der Waals surface area contributed by atoms with Crippen LogP contribution in [0.4, 0.5) is 5.69 Å². The number of benzene rings is 2. The second kappa shape index (κ2) is 8.60. The summed E-state index contributed by atoms with van der Waals surface area (Å²) in [5.74, 6) is 0.571. The molecule has 1 aliphatic rings. The number of quaternary nitrogens is 2. The number of non-ortho nitro benzene ring substituents is 1. The minimum absolute atomic E-state index is 0.0722. The first-order valence-electron chi connectivity index (χ1n) is 8.79. The van der Waals surface area contributed by atoms with E-state index in [9.17, 15) is 10.1 Å². The van der Waals surface area contributed by atoms with E-state index in [2.05, 4.69) is 30.3 Å². The van der Waals surface area contributed by atoms with Crippen molar-refractivity contribution < 1.29 is 19.5 Å². The highest BCUT2D eigenvalue weighted by molar-refractivity contribution is 5.37. The van der Waals surface area contributed by atoms with Gasteiger partial charge in [0.15, 0.2) is 0 Å². The number of hydrogen-bond acceptors (Lipinski definition) is 3. The van der Waals surface area contributed by atoms with Gasteiger partial charge in [-0.1, -0.05) is 36.4 Å². The van der Waals surface area contributed by atoms with Crippen molar-refractivity contribution in [2.24, 2.45) is 0 Å². The first kappa shape index (κ1) is 17.4. The summed E-state index contributed by atoms with van der Waals surface area (Å²) < 4.78 is 5.69. The van der Waals surface area contributed by atoms with E-state index in [4.69, 9.17) is 4.74 Å². The van der Waals surface area contributed by atoms with Crippen LogP contribution in [0.1, 0.15) is 5.56 Å². The SMILES string of the molecule is O=[N+]([O-])c1cccc(OCC[NH+]2CC[NH+](Cc3ccccc3)CC2)c1. The molecule has 1 fully saturated rings. The number of nitro groups is 1. The molecule has 0 atom stereocenters. The topological polar surface area (TPSA) is 61.2 Å². The third-order valence-electron chi connectivity index (χ3n) is 4.71. The number of nitro benzene ring substituents is 1. The molecule has 2 aromatic rings. The normalized spacial score (nSPS) is 20.2. The van der Waals surface area contributed by atoms with Crippen LogP contribution in [0, 0.1) is 10.1 Å².